The van der Waals surface area contributed by atoms with Gasteiger partial charge in [0, 0.05) is 26.2 Å². The number of carbonyl (C=O) groups excluding carboxylic acids is 1. The van der Waals surface area contributed by atoms with Crippen LogP contribution in [0.4, 0.5) is 0 Å². The summed E-state index contributed by atoms with van der Waals surface area (Å²) in [5, 5.41) is 3.49. The highest BCUT2D eigenvalue weighted by Gasteiger charge is 2.34. The van der Waals surface area contributed by atoms with Gasteiger partial charge in [-0.25, -0.2) is 0 Å². The van der Waals surface area contributed by atoms with Crippen LogP contribution in [0.3, 0.4) is 0 Å². The van der Waals surface area contributed by atoms with Crippen LogP contribution in [-0.2, 0) is 14.3 Å². The average molecular weight is 255 g/mol. The fraction of sp³-hybridized carbons (Fsp3) is 0.929. The molecular formula is C14H25NO3. The predicted molar refractivity (Wildman–Crippen MR) is 69.4 cm³/mol. The van der Waals surface area contributed by atoms with E-state index in [2.05, 4.69) is 5.32 Å². The number of ether oxygens (including phenoxy) is 2. The summed E-state index contributed by atoms with van der Waals surface area (Å²) >= 11 is 0. The van der Waals surface area contributed by atoms with Gasteiger partial charge in [-0.15, -0.1) is 0 Å². The number of rotatable bonds is 5. The van der Waals surface area contributed by atoms with Crippen LogP contribution in [0.25, 0.3) is 0 Å². The molecule has 3 unspecified atom stereocenters. The maximum absolute atomic E-state index is 11.9. The van der Waals surface area contributed by atoms with Crippen molar-refractivity contribution in [1.29, 1.82) is 0 Å². The smallest absolute Gasteiger partial charge is 0.323 e. The Morgan fingerprint density at radius 2 is 2.00 bits per heavy atom. The fourth-order valence-corrected chi connectivity index (χ4v) is 3.16. The first-order valence-electron chi connectivity index (χ1n) is 7.23. The molecular weight excluding hydrogens is 230 g/mol. The van der Waals surface area contributed by atoms with Crippen molar-refractivity contribution in [2.24, 2.45) is 5.92 Å². The normalized spacial score (nSPS) is 31.7. The summed E-state index contributed by atoms with van der Waals surface area (Å²) in [6, 6.07) is 0.468. The predicted octanol–water partition coefficient (Wildman–Crippen LogP) is 1.88. The zero-order valence-corrected chi connectivity index (χ0v) is 11.3. The van der Waals surface area contributed by atoms with E-state index in [1.807, 2.05) is 0 Å². The van der Waals surface area contributed by atoms with Gasteiger partial charge >= 0.3 is 5.97 Å². The first kappa shape index (κ1) is 13.8. The van der Waals surface area contributed by atoms with E-state index >= 15 is 0 Å². The summed E-state index contributed by atoms with van der Waals surface area (Å²) in [6.45, 7) is 1.12. The molecule has 2 rings (SSSR count). The molecule has 0 aromatic carbocycles. The maximum Gasteiger partial charge on any atom is 0.323 e. The summed E-state index contributed by atoms with van der Waals surface area (Å²) in [5.41, 5.74) is 0. The molecule has 0 aromatic rings. The van der Waals surface area contributed by atoms with Gasteiger partial charge < -0.3 is 14.8 Å². The molecule has 1 heterocycles. The zero-order chi connectivity index (χ0) is 12.8. The van der Waals surface area contributed by atoms with Crippen LogP contribution in [0.5, 0.6) is 0 Å². The highest BCUT2D eigenvalue weighted by Crippen LogP contribution is 2.32. The molecule has 4 heteroatoms. The largest absolute Gasteiger partial charge is 0.464 e. The summed E-state index contributed by atoms with van der Waals surface area (Å²) in [4.78, 5) is 11.9. The monoisotopic (exact) mass is 255 g/mol. The molecule has 3 atom stereocenters. The van der Waals surface area contributed by atoms with Crippen molar-refractivity contribution in [1.82, 2.24) is 5.32 Å². The van der Waals surface area contributed by atoms with Crippen LogP contribution >= 0.6 is 0 Å². The van der Waals surface area contributed by atoms with Crippen LogP contribution < -0.4 is 5.32 Å². The zero-order valence-electron chi connectivity index (χ0n) is 11.3. The van der Waals surface area contributed by atoms with Crippen LogP contribution in [0.2, 0.25) is 0 Å². The molecule has 1 saturated heterocycles. The van der Waals surface area contributed by atoms with E-state index in [0.29, 0.717) is 19.3 Å². The Morgan fingerprint density at radius 1 is 1.17 bits per heavy atom. The molecule has 1 saturated carbocycles. The van der Waals surface area contributed by atoms with Crippen LogP contribution in [-0.4, -0.2) is 38.4 Å². The molecule has 0 aromatic heterocycles. The van der Waals surface area contributed by atoms with Crippen LogP contribution in [0, 0.1) is 5.92 Å². The van der Waals surface area contributed by atoms with Gasteiger partial charge in [0.15, 0.2) is 0 Å². The highest BCUT2D eigenvalue weighted by atomic mass is 16.5. The molecule has 0 bridgehead atoms. The number of fused-ring (bicyclic) bond motifs is 1. The van der Waals surface area contributed by atoms with Gasteiger partial charge in [0.1, 0.15) is 6.04 Å². The highest BCUT2D eigenvalue weighted by molar-refractivity contribution is 5.75. The van der Waals surface area contributed by atoms with Crippen molar-refractivity contribution >= 4 is 5.97 Å². The van der Waals surface area contributed by atoms with E-state index in [0.717, 1.165) is 18.8 Å². The minimum absolute atomic E-state index is 0.0740. The van der Waals surface area contributed by atoms with Gasteiger partial charge in [-0.2, -0.15) is 0 Å². The molecule has 1 aliphatic carbocycles. The Hall–Kier alpha value is -0.610. The summed E-state index contributed by atoms with van der Waals surface area (Å²) in [7, 11) is 1.66. The number of methoxy groups -OCH3 is 1. The van der Waals surface area contributed by atoms with Crippen molar-refractivity contribution in [2.75, 3.05) is 20.3 Å². The van der Waals surface area contributed by atoms with Gasteiger partial charge in [-0.05, 0) is 31.6 Å². The lowest BCUT2D eigenvalue weighted by Gasteiger charge is -2.39. The second-order valence-electron chi connectivity index (χ2n) is 5.46. The first-order chi connectivity index (χ1) is 8.81. The lowest BCUT2D eigenvalue weighted by atomic mass is 9.78. The molecule has 104 valence electrons. The molecule has 1 N–H and O–H groups in total. The van der Waals surface area contributed by atoms with E-state index in [-0.39, 0.29) is 12.0 Å². The van der Waals surface area contributed by atoms with E-state index in [1.165, 1.54) is 32.1 Å². The van der Waals surface area contributed by atoms with Gasteiger partial charge in [-0.3, -0.25) is 4.79 Å². The Morgan fingerprint density at radius 3 is 2.83 bits per heavy atom. The van der Waals surface area contributed by atoms with Gasteiger partial charge in [0.05, 0.1) is 6.61 Å². The lowest BCUT2D eigenvalue weighted by molar-refractivity contribution is -0.148. The van der Waals surface area contributed by atoms with Gasteiger partial charge in [-0.1, -0.05) is 12.8 Å². The first-order valence-corrected chi connectivity index (χ1v) is 7.23. The molecule has 0 amide bonds. The second kappa shape index (κ2) is 7.10. The van der Waals surface area contributed by atoms with Crippen LogP contribution in [0.1, 0.15) is 44.9 Å². The Balaban J connectivity index is 1.71. The fourth-order valence-electron chi connectivity index (χ4n) is 3.16. The molecule has 18 heavy (non-hydrogen) atoms. The van der Waals surface area contributed by atoms with Crippen molar-refractivity contribution in [3.8, 4) is 0 Å². The SMILES string of the molecule is COCCCOC(=O)C1CCC2CCCCC2N1. The molecule has 2 aliphatic rings. The number of esters is 1. The summed E-state index contributed by atoms with van der Waals surface area (Å²) < 4.78 is 10.2. The maximum atomic E-state index is 11.9. The minimum atomic E-state index is -0.0769. The topological polar surface area (TPSA) is 47.6 Å². The minimum Gasteiger partial charge on any atom is -0.464 e. The Bertz CT molecular complexity index is 270. The summed E-state index contributed by atoms with van der Waals surface area (Å²) in [5.74, 6) is 0.714. The lowest BCUT2D eigenvalue weighted by Crippen LogP contribution is -2.52. The number of hydrogen-bond donors (Lipinski definition) is 1. The van der Waals surface area contributed by atoms with E-state index in [4.69, 9.17) is 9.47 Å². The van der Waals surface area contributed by atoms with E-state index < -0.39 is 0 Å². The third-order valence-corrected chi connectivity index (χ3v) is 4.17. The Kier molecular flexibility index (Phi) is 5.45. The van der Waals surface area contributed by atoms with Crippen molar-refractivity contribution < 1.29 is 14.3 Å². The van der Waals surface area contributed by atoms with E-state index in [1.54, 1.807) is 7.11 Å². The molecule has 2 fully saturated rings. The second-order valence-corrected chi connectivity index (χ2v) is 5.46. The number of carbonyl (C=O) groups is 1. The molecule has 4 nitrogen and oxygen atoms in total. The third-order valence-electron chi connectivity index (χ3n) is 4.17. The van der Waals surface area contributed by atoms with Crippen molar-refractivity contribution in [2.45, 2.75) is 57.0 Å². The van der Waals surface area contributed by atoms with Crippen molar-refractivity contribution in [3.05, 3.63) is 0 Å². The van der Waals surface area contributed by atoms with Crippen LogP contribution in [0.15, 0.2) is 0 Å². The number of nitrogens with one attached hydrogen (secondary N) is 1. The molecule has 0 spiro atoms. The summed E-state index contributed by atoms with van der Waals surface area (Å²) in [6.07, 6.45) is 8.09. The quantitative estimate of drug-likeness (QED) is 0.602. The number of piperidine rings is 1. The van der Waals surface area contributed by atoms with E-state index in [9.17, 15) is 4.79 Å². The Labute approximate surface area is 109 Å². The molecule has 0 radical (unpaired) electrons. The van der Waals surface area contributed by atoms with Crippen molar-refractivity contribution in [3.63, 3.8) is 0 Å². The number of hydrogen-bond acceptors (Lipinski definition) is 4. The molecule has 1 aliphatic heterocycles. The standard InChI is InChI=1S/C14H25NO3/c1-17-9-4-10-18-14(16)13-8-7-11-5-2-3-6-12(11)15-13/h11-13,15H,2-10H2,1H3. The third kappa shape index (κ3) is 3.69. The van der Waals surface area contributed by atoms with Gasteiger partial charge in [0.2, 0.25) is 0 Å². The average Bonchev–Trinajstić information content (AvgIpc) is 2.43. The van der Waals surface area contributed by atoms with Gasteiger partial charge in [0.25, 0.3) is 0 Å².